The van der Waals surface area contributed by atoms with Crippen molar-refractivity contribution in [2.24, 2.45) is 5.41 Å². The van der Waals surface area contributed by atoms with Crippen molar-refractivity contribution >= 4 is 11.8 Å². The van der Waals surface area contributed by atoms with E-state index in [0.717, 1.165) is 11.1 Å². The Balaban J connectivity index is 2.51. The smallest absolute Gasteiger partial charge is 0.316 e. The van der Waals surface area contributed by atoms with Crippen molar-refractivity contribution in [1.82, 2.24) is 4.98 Å². The number of hydrogen-bond acceptors (Lipinski definition) is 4. The number of benzene rings is 1. The predicted molar refractivity (Wildman–Crippen MR) is 88.7 cm³/mol. The van der Waals surface area contributed by atoms with Gasteiger partial charge in [-0.05, 0) is 63.9 Å². The lowest BCUT2D eigenvalue weighted by atomic mass is 9.96. The summed E-state index contributed by atoms with van der Waals surface area (Å²) in [5.41, 5.74) is 1.75. The third kappa shape index (κ3) is 3.83. The molecule has 1 aromatic heterocycles. The van der Waals surface area contributed by atoms with Crippen LogP contribution in [-0.2, 0) is 4.79 Å². The number of nitrogens with zero attached hydrogens (tertiary/aromatic N) is 1. The van der Waals surface area contributed by atoms with Crippen LogP contribution >= 0.6 is 0 Å². The molecule has 0 saturated heterocycles. The average molecular weight is 311 g/mol. The van der Waals surface area contributed by atoms with E-state index in [0.29, 0.717) is 11.3 Å². The zero-order valence-corrected chi connectivity index (χ0v) is 14.1. The van der Waals surface area contributed by atoms with Gasteiger partial charge in [-0.1, -0.05) is 12.1 Å². The number of pyridine rings is 1. The molecule has 0 fully saturated rings. The zero-order valence-electron chi connectivity index (χ0n) is 14.1. The molecule has 0 aliphatic carbocycles. The molecule has 0 spiro atoms. The molecule has 23 heavy (non-hydrogen) atoms. The van der Waals surface area contributed by atoms with E-state index in [9.17, 15) is 9.59 Å². The highest BCUT2D eigenvalue weighted by molar-refractivity contribution is 6.10. The molecule has 0 atom stereocenters. The van der Waals surface area contributed by atoms with E-state index in [1.807, 2.05) is 19.9 Å². The number of rotatable bonds is 3. The summed E-state index contributed by atoms with van der Waals surface area (Å²) >= 11 is 0. The minimum Gasteiger partial charge on any atom is -0.425 e. The normalized spacial score (nSPS) is 11.2. The molecule has 2 aromatic rings. The minimum atomic E-state index is -0.650. The van der Waals surface area contributed by atoms with Crippen LogP contribution in [0.5, 0.6) is 5.75 Å². The first kappa shape index (κ1) is 16.9. The Bertz CT molecular complexity index is 743. The van der Waals surface area contributed by atoms with Crippen molar-refractivity contribution in [1.29, 1.82) is 0 Å². The topological polar surface area (TPSA) is 56.3 Å². The molecule has 4 nitrogen and oxygen atoms in total. The summed E-state index contributed by atoms with van der Waals surface area (Å²) in [6, 6.07) is 8.76. The van der Waals surface area contributed by atoms with Crippen molar-refractivity contribution in [3.05, 3.63) is 58.9 Å². The fraction of sp³-hybridized carbons (Fsp3) is 0.316. The van der Waals surface area contributed by atoms with Crippen molar-refractivity contribution in [3.63, 3.8) is 0 Å². The van der Waals surface area contributed by atoms with E-state index < -0.39 is 5.41 Å². The van der Waals surface area contributed by atoms with Crippen LogP contribution in [-0.4, -0.2) is 16.7 Å². The first-order chi connectivity index (χ1) is 10.7. The zero-order chi connectivity index (χ0) is 17.2. The maximum Gasteiger partial charge on any atom is 0.316 e. The minimum absolute atomic E-state index is 0.250. The van der Waals surface area contributed by atoms with Crippen LogP contribution in [0, 0.1) is 19.3 Å². The number of carbonyl (C=O) groups excluding carboxylic acids is 2. The Labute approximate surface area is 136 Å². The highest BCUT2D eigenvalue weighted by Gasteiger charge is 2.27. The van der Waals surface area contributed by atoms with Crippen molar-refractivity contribution in [2.45, 2.75) is 34.6 Å². The van der Waals surface area contributed by atoms with Crippen molar-refractivity contribution in [3.8, 4) is 5.75 Å². The predicted octanol–water partition coefficient (Wildman–Crippen LogP) is 3.88. The lowest BCUT2D eigenvalue weighted by Crippen LogP contribution is -2.26. The summed E-state index contributed by atoms with van der Waals surface area (Å²) in [6.07, 6.45) is 1.57. The largest absolute Gasteiger partial charge is 0.425 e. The molecule has 120 valence electrons. The van der Waals surface area contributed by atoms with Crippen molar-refractivity contribution in [2.75, 3.05) is 0 Å². The molecule has 0 aliphatic rings. The molecule has 0 unspecified atom stereocenters. The SMILES string of the molecule is Cc1cc(C)c(C(=O)c2ccccn2)c(OC(=O)C(C)(C)C)c1. The fourth-order valence-corrected chi connectivity index (χ4v) is 2.18. The van der Waals surface area contributed by atoms with Gasteiger partial charge in [0.2, 0.25) is 5.78 Å². The van der Waals surface area contributed by atoms with Gasteiger partial charge < -0.3 is 4.74 Å². The Morgan fingerprint density at radius 3 is 2.35 bits per heavy atom. The standard InChI is InChI=1S/C19H21NO3/c1-12-10-13(2)16(17(21)14-8-6-7-9-20-14)15(11-12)23-18(22)19(3,4)5/h6-11H,1-5H3. The number of hydrogen-bond donors (Lipinski definition) is 0. The summed E-state index contributed by atoms with van der Waals surface area (Å²) in [5, 5.41) is 0. The Hall–Kier alpha value is -2.49. The lowest BCUT2D eigenvalue weighted by Gasteiger charge is -2.19. The van der Waals surface area contributed by atoms with Gasteiger partial charge in [-0.15, -0.1) is 0 Å². The molecule has 0 amide bonds. The second kappa shape index (κ2) is 6.32. The van der Waals surface area contributed by atoms with E-state index in [4.69, 9.17) is 4.74 Å². The third-order valence-corrected chi connectivity index (χ3v) is 3.38. The van der Waals surface area contributed by atoms with Crippen LogP contribution in [0.4, 0.5) is 0 Å². The summed E-state index contributed by atoms with van der Waals surface area (Å²) in [6.45, 7) is 9.06. The van der Waals surface area contributed by atoms with Crippen LogP contribution in [0.15, 0.2) is 36.5 Å². The van der Waals surface area contributed by atoms with Gasteiger partial charge >= 0.3 is 5.97 Å². The second-order valence-electron chi connectivity index (χ2n) is 6.64. The van der Waals surface area contributed by atoms with Gasteiger partial charge in [0.25, 0.3) is 0 Å². The van der Waals surface area contributed by atoms with Gasteiger partial charge in [0.05, 0.1) is 11.0 Å². The monoisotopic (exact) mass is 311 g/mol. The van der Waals surface area contributed by atoms with Crippen LogP contribution < -0.4 is 4.74 Å². The van der Waals surface area contributed by atoms with Gasteiger partial charge in [0, 0.05) is 6.20 Å². The molecule has 0 aliphatic heterocycles. The molecule has 1 aromatic carbocycles. The Morgan fingerprint density at radius 1 is 1.09 bits per heavy atom. The Kier molecular flexibility index (Phi) is 4.64. The summed E-state index contributed by atoms with van der Waals surface area (Å²) in [7, 11) is 0. The van der Waals surface area contributed by atoms with Crippen molar-refractivity contribution < 1.29 is 14.3 Å². The number of aromatic nitrogens is 1. The van der Waals surface area contributed by atoms with Crippen LogP contribution in [0.3, 0.4) is 0 Å². The number of ether oxygens (including phenoxy) is 1. The summed E-state index contributed by atoms with van der Waals surface area (Å²) in [4.78, 5) is 29.1. The third-order valence-electron chi connectivity index (χ3n) is 3.38. The quantitative estimate of drug-likeness (QED) is 0.490. The maximum atomic E-state index is 12.8. The van der Waals surface area contributed by atoms with E-state index in [-0.39, 0.29) is 17.5 Å². The molecule has 0 radical (unpaired) electrons. The number of ketones is 1. The van der Waals surface area contributed by atoms with Gasteiger partial charge in [-0.3, -0.25) is 14.6 Å². The van der Waals surface area contributed by atoms with Gasteiger partial charge in [-0.25, -0.2) is 0 Å². The average Bonchev–Trinajstić information content (AvgIpc) is 2.46. The van der Waals surface area contributed by atoms with E-state index in [1.54, 1.807) is 51.2 Å². The molecule has 0 saturated carbocycles. The van der Waals surface area contributed by atoms with E-state index >= 15 is 0 Å². The van der Waals surface area contributed by atoms with Crippen LogP contribution in [0.1, 0.15) is 48.0 Å². The molecule has 1 heterocycles. The fourth-order valence-electron chi connectivity index (χ4n) is 2.18. The summed E-state index contributed by atoms with van der Waals surface area (Å²) in [5.74, 6) is -0.338. The Morgan fingerprint density at radius 2 is 1.78 bits per heavy atom. The molecule has 2 rings (SSSR count). The highest BCUT2D eigenvalue weighted by atomic mass is 16.5. The number of esters is 1. The van der Waals surface area contributed by atoms with E-state index in [2.05, 4.69) is 4.98 Å². The van der Waals surface area contributed by atoms with Gasteiger partial charge in [0.1, 0.15) is 11.4 Å². The van der Waals surface area contributed by atoms with Gasteiger partial charge in [0.15, 0.2) is 0 Å². The lowest BCUT2D eigenvalue weighted by molar-refractivity contribution is -0.143. The molecule has 0 bridgehead atoms. The molecule has 0 N–H and O–H groups in total. The molecular formula is C19H21NO3. The first-order valence-electron chi connectivity index (χ1n) is 7.49. The van der Waals surface area contributed by atoms with Crippen LogP contribution in [0.2, 0.25) is 0 Å². The number of carbonyl (C=O) groups is 2. The summed E-state index contributed by atoms with van der Waals surface area (Å²) < 4.78 is 5.53. The van der Waals surface area contributed by atoms with Crippen LogP contribution in [0.25, 0.3) is 0 Å². The van der Waals surface area contributed by atoms with Gasteiger partial charge in [-0.2, -0.15) is 0 Å². The number of aryl methyl sites for hydroxylation is 2. The first-order valence-corrected chi connectivity index (χ1v) is 7.49. The van der Waals surface area contributed by atoms with E-state index in [1.165, 1.54) is 0 Å². The molecule has 4 heteroatoms. The second-order valence-corrected chi connectivity index (χ2v) is 6.64. The maximum absolute atomic E-state index is 12.8. The highest BCUT2D eigenvalue weighted by Crippen LogP contribution is 2.29. The molecular weight excluding hydrogens is 290 g/mol.